The van der Waals surface area contributed by atoms with Crippen LogP contribution in [-0.4, -0.2) is 15.0 Å². The van der Waals surface area contributed by atoms with E-state index in [-0.39, 0.29) is 10.3 Å². The molecule has 4 heteroatoms. The third-order valence-corrected chi connectivity index (χ3v) is 4.75. The molecule has 0 heterocycles. The van der Waals surface area contributed by atoms with Crippen LogP contribution in [0.15, 0.2) is 29.2 Å². The fraction of sp³-hybridized carbons (Fsp3) is 0.538. The third-order valence-electron chi connectivity index (χ3n) is 3.45. The summed E-state index contributed by atoms with van der Waals surface area (Å²) in [5, 5.41) is 0. The minimum absolute atomic E-state index is 0.238. The van der Waals surface area contributed by atoms with E-state index in [9.17, 15) is 8.42 Å². The molecule has 1 fully saturated rings. The summed E-state index contributed by atoms with van der Waals surface area (Å²) in [4.78, 5) is 0.238. The van der Waals surface area contributed by atoms with E-state index in [0.717, 1.165) is 12.0 Å². The molecule has 0 N–H and O–H groups in total. The lowest BCUT2D eigenvalue weighted by molar-refractivity contribution is 0.283. The minimum atomic E-state index is -3.58. The van der Waals surface area contributed by atoms with Crippen LogP contribution in [0.2, 0.25) is 0 Å². The van der Waals surface area contributed by atoms with Crippen molar-refractivity contribution in [1.29, 1.82) is 0 Å². The molecule has 17 heavy (non-hydrogen) atoms. The van der Waals surface area contributed by atoms with Crippen molar-refractivity contribution in [2.24, 2.45) is 11.3 Å². The van der Waals surface area contributed by atoms with Gasteiger partial charge in [0.1, 0.15) is 0 Å². The van der Waals surface area contributed by atoms with Crippen molar-refractivity contribution in [3.05, 3.63) is 29.8 Å². The fourth-order valence-electron chi connectivity index (χ4n) is 1.81. The van der Waals surface area contributed by atoms with E-state index in [1.54, 1.807) is 24.3 Å². The zero-order valence-electron chi connectivity index (χ0n) is 10.4. The van der Waals surface area contributed by atoms with Crippen molar-refractivity contribution in [3.63, 3.8) is 0 Å². The molecule has 0 radical (unpaired) electrons. The zero-order valence-corrected chi connectivity index (χ0v) is 11.3. The second-order valence-electron chi connectivity index (χ2n) is 5.44. The van der Waals surface area contributed by atoms with Crippen molar-refractivity contribution >= 4 is 10.1 Å². The van der Waals surface area contributed by atoms with Crippen LogP contribution in [0.3, 0.4) is 0 Å². The number of hydrogen-bond donors (Lipinski definition) is 0. The van der Waals surface area contributed by atoms with Gasteiger partial charge in [-0.2, -0.15) is 8.42 Å². The highest BCUT2D eigenvalue weighted by atomic mass is 32.2. The Hall–Kier alpha value is -0.870. The molecule has 0 bridgehead atoms. The van der Waals surface area contributed by atoms with Gasteiger partial charge < -0.3 is 0 Å². The van der Waals surface area contributed by atoms with Crippen LogP contribution >= 0.6 is 0 Å². The number of hydrogen-bond acceptors (Lipinski definition) is 3. The van der Waals surface area contributed by atoms with Gasteiger partial charge in [-0.1, -0.05) is 31.5 Å². The Morgan fingerprint density at radius 1 is 1.29 bits per heavy atom. The summed E-state index contributed by atoms with van der Waals surface area (Å²) in [5.74, 6) is 0.364. The monoisotopic (exact) mass is 254 g/mol. The van der Waals surface area contributed by atoms with Gasteiger partial charge in [-0.25, -0.2) is 0 Å². The standard InChI is InChI=1S/C13H18O3S/c1-10-4-6-12(7-5-10)17(14,15)16-9-11-8-13(11,2)3/h4-7,11H,8-9H2,1-3H3. The molecule has 1 unspecified atom stereocenters. The molecule has 1 aromatic rings. The smallest absolute Gasteiger partial charge is 0.266 e. The Morgan fingerprint density at radius 2 is 1.82 bits per heavy atom. The number of benzene rings is 1. The molecule has 3 nitrogen and oxygen atoms in total. The first-order valence-electron chi connectivity index (χ1n) is 5.77. The molecule has 0 aromatic heterocycles. The highest BCUT2D eigenvalue weighted by Crippen LogP contribution is 2.51. The van der Waals surface area contributed by atoms with E-state index in [4.69, 9.17) is 4.18 Å². The molecule has 94 valence electrons. The van der Waals surface area contributed by atoms with Gasteiger partial charge in [0.25, 0.3) is 10.1 Å². The van der Waals surface area contributed by atoms with E-state index in [1.165, 1.54) is 0 Å². The van der Waals surface area contributed by atoms with E-state index < -0.39 is 10.1 Å². The van der Waals surface area contributed by atoms with Gasteiger partial charge in [0, 0.05) is 0 Å². The summed E-state index contributed by atoms with van der Waals surface area (Å²) in [6, 6.07) is 6.72. The summed E-state index contributed by atoms with van der Waals surface area (Å²) in [6.45, 7) is 6.46. The molecule has 0 saturated heterocycles. The molecule has 1 atom stereocenters. The average Bonchev–Trinajstić information content (AvgIpc) is 2.85. The summed E-state index contributed by atoms with van der Waals surface area (Å²) < 4.78 is 28.8. The van der Waals surface area contributed by atoms with E-state index >= 15 is 0 Å². The maximum atomic E-state index is 11.9. The second-order valence-corrected chi connectivity index (χ2v) is 7.06. The van der Waals surface area contributed by atoms with Crippen molar-refractivity contribution in [1.82, 2.24) is 0 Å². The largest absolute Gasteiger partial charge is 0.296 e. The lowest BCUT2D eigenvalue weighted by Crippen LogP contribution is -2.10. The Balaban J connectivity index is 2.02. The predicted molar refractivity (Wildman–Crippen MR) is 66.2 cm³/mol. The third kappa shape index (κ3) is 2.87. The Kier molecular flexibility index (Phi) is 3.04. The summed E-state index contributed by atoms with van der Waals surface area (Å²) in [7, 11) is -3.58. The summed E-state index contributed by atoms with van der Waals surface area (Å²) >= 11 is 0. The molecule has 2 rings (SSSR count). The van der Waals surface area contributed by atoms with Gasteiger partial charge in [0.2, 0.25) is 0 Å². The lowest BCUT2D eigenvalue weighted by atomic mass is 10.1. The van der Waals surface area contributed by atoms with E-state index in [0.29, 0.717) is 12.5 Å². The van der Waals surface area contributed by atoms with Gasteiger partial charge >= 0.3 is 0 Å². The van der Waals surface area contributed by atoms with Crippen LogP contribution in [0.4, 0.5) is 0 Å². The molecule has 1 aliphatic rings. The Labute approximate surface area is 103 Å². The summed E-state index contributed by atoms with van der Waals surface area (Å²) in [6.07, 6.45) is 1.04. The maximum Gasteiger partial charge on any atom is 0.296 e. The van der Waals surface area contributed by atoms with E-state index in [2.05, 4.69) is 13.8 Å². The zero-order chi connectivity index (χ0) is 12.7. The maximum absolute atomic E-state index is 11.9. The van der Waals surface area contributed by atoms with Gasteiger partial charge in [0.05, 0.1) is 11.5 Å². The van der Waals surface area contributed by atoms with Gasteiger partial charge in [0.15, 0.2) is 0 Å². The average molecular weight is 254 g/mol. The highest BCUT2D eigenvalue weighted by Gasteiger charge is 2.46. The number of rotatable bonds is 4. The minimum Gasteiger partial charge on any atom is -0.266 e. The molecule has 0 amide bonds. The first kappa shape index (κ1) is 12.6. The Morgan fingerprint density at radius 3 is 2.29 bits per heavy atom. The molecule has 1 saturated carbocycles. The molecule has 1 aliphatic carbocycles. The SMILES string of the molecule is Cc1ccc(S(=O)(=O)OCC2CC2(C)C)cc1. The Bertz CT molecular complexity index is 500. The number of aryl methyl sites for hydroxylation is 1. The van der Waals surface area contributed by atoms with Crippen LogP contribution in [-0.2, 0) is 14.3 Å². The topological polar surface area (TPSA) is 43.4 Å². The van der Waals surface area contributed by atoms with Crippen LogP contribution in [0, 0.1) is 18.3 Å². The van der Waals surface area contributed by atoms with E-state index in [1.807, 2.05) is 6.92 Å². The normalized spacial score (nSPS) is 22.4. The highest BCUT2D eigenvalue weighted by molar-refractivity contribution is 7.86. The van der Waals surface area contributed by atoms with Crippen LogP contribution in [0.25, 0.3) is 0 Å². The molecule has 0 aliphatic heterocycles. The fourth-order valence-corrected chi connectivity index (χ4v) is 2.75. The molecule has 1 aromatic carbocycles. The van der Waals surface area contributed by atoms with Crippen LogP contribution in [0.1, 0.15) is 25.8 Å². The van der Waals surface area contributed by atoms with Gasteiger partial charge in [-0.05, 0) is 36.8 Å². The molecular weight excluding hydrogens is 236 g/mol. The summed E-state index contributed by atoms with van der Waals surface area (Å²) in [5.41, 5.74) is 1.27. The van der Waals surface area contributed by atoms with Gasteiger partial charge in [-0.3, -0.25) is 4.18 Å². The lowest BCUT2D eigenvalue weighted by Gasteiger charge is -2.07. The van der Waals surface area contributed by atoms with Crippen molar-refractivity contribution in [2.75, 3.05) is 6.61 Å². The first-order chi connectivity index (χ1) is 7.81. The quantitative estimate of drug-likeness (QED) is 0.776. The first-order valence-corrected chi connectivity index (χ1v) is 7.18. The van der Waals surface area contributed by atoms with Gasteiger partial charge in [-0.15, -0.1) is 0 Å². The van der Waals surface area contributed by atoms with Crippen LogP contribution < -0.4 is 0 Å². The molecular formula is C13H18O3S. The molecule has 0 spiro atoms. The van der Waals surface area contributed by atoms with Crippen LogP contribution in [0.5, 0.6) is 0 Å². The predicted octanol–water partition coefficient (Wildman–Crippen LogP) is 2.75. The van der Waals surface area contributed by atoms with Crippen molar-refractivity contribution in [3.8, 4) is 0 Å². The van der Waals surface area contributed by atoms with Crippen molar-refractivity contribution in [2.45, 2.75) is 32.1 Å². The second kappa shape index (κ2) is 4.10. The van der Waals surface area contributed by atoms with Crippen molar-refractivity contribution < 1.29 is 12.6 Å².